The monoisotopic (exact) mass is 405 g/mol. The van der Waals surface area contributed by atoms with Gasteiger partial charge < -0.3 is 14.8 Å². The van der Waals surface area contributed by atoms with Crippen LogP contribution < -0.4 is 5.32 Å². The number of rotatable bonds is 5. The number of carbonyl (C=O) groups is 2. The number of imidazole rings is 1. The highest BCUT2D eigenvalue weighted by Gasteiger charge is 2.23. The number of hydrogen-bond acceptors (Lipinski definition) is 4. The maximum Gasteiger partial charge on any atom is 0.251 e. The molecule has 1 saturated heterocycles. The van der Waals surface area contributed by atoms with Crippen LogP contribution in [-0.4, -0.2) is 44.3 Å². The minimum Gasteiger partial charge on any atom is -0.342 e. The summed E-state index contributed by atoms with van der Waals surface area (Å²) in [6.07, 6.45) is 7.66. The Hall–Kier alpha value is -3.22. The lowest BCUT2D eigenvalue weighted by Gasteiger charge is -2.22. The molecule has 0 radical (unpaired) electrons. The van der Waals surface area contributed by atoms with Crippen molar-refractivity contribution in [3.05, 3.63) is 60.2 Å². The Morgan fingerprint density at radius 3 is 2.47 bits per heavy atom. The summed E-state index contributed by atoms with van der Waals surface area (Å²) in [7, 11) is 0. The summed E-state index contributed by atoms with van der Waals surface area (Å²) < 4.78 is 1.94. The van der Waals surface area contributed by atoms with Crippen LogP contribution in [0.25, 0.3) is 11.0 Å². The molecular formula is C23H27N5O2. The van der Waals surface area contributed by atoms with Crippen molar-refractivity contribution in [2.45, 2.75) is 45.2 Å². The third-order valence-corrected chi connectivity index (χ3v) is 5.61. The van der Waals surface area contributed by atoms with E-state index in [1.54, 1.807) is 24.5 Å². The summed E-state index contributed by atoms with van der Waals surface area (Å²) >= 11 is 0. The standard InChI is InChI=1S/C23H27N5O2/c1-17(25-23(30)18-10-12-24-13-11-18)22-26-19-8-4-5-9-20(19)28(22)16-21(29)27-14-6-2-3-7-15-27/h4-5,8-13,17H,2-3,6-7,14-16H2,1H3,(H,25,30). The van der Waals surface area contributed by atoms with Crippen LogP contribution in [-0.2, 0) is 11.3 Å². The maximum atomic E-state index is 13.1. The molecule has 1 N–H and O–H groups in total. The first-order chi connectivity index (χ1) is 14.6. The average Bonchev–Trinajstić information content (AvgIpc) is 2.93. The van der Waals surface area contributed by atoms with Crippen LogP contribution in [0.4, 0.5) is 0 Å². The normalized spacial score (nSPS) is 15.6. The predicted octanol–water partition coefficient (Wildman–Crippen LogP) is 3.32. The van der Waals surface area contributed by atoms with Gasteiger partial charge in [0.25, 0.3) is 5.91 Å². The number of fused-ring (bicyclic) bond motifs is 1. The van der Waals surface area contributed by atoms with Gasteiger partial charge in [-0.1, -0.05) is 25.0 Å². The molecular weight excluding hydrogens is 378 g/mol. The molecule has 1 aromatic carbocycles. The van der Waals surface area contributed by atoms with Gasteiger partial charge in [-0.15, -0.1) is 0 Å². The van der Waals surface area contributed by atoms with Crippen molar-refractivity contribution >= 4 is 22.8 Å². The smallest absolute Gasteiger partial charge is 0.251 e. The molecule has 0 saturated carbocycles. The lowest BCUT2D eigenvalue weighted by molar-refractivity contribution is -0.131. The van der Waals surface area contributed by atoms with E-state index >= 15 is 0 Å². The SMILES string of the molecule is CC(NC(=O)c1ccncc1)c1nc2ccccc2n1CC(=O)N1CCCCCC1. The van der Waals surface area contributed by atoms with Gasteiger partial charge in [-0.3, -0.25) is 14.6 Å². The molecule has 7 heteroatoms. The Bertz CT molecular complexity index is 1020. The summed E-state index contributed by atoms with van der Waals surface area (Å²) in [5, 5.41) is 3.00. The van der Waals surface area contributed by atoms with Crippen molar-refractivity contribution in [1.82, 2.24) is 24.8 Å². The van der Waals surface area contributed by atoms with E-state index in [1.165, 1.54) is 12.8 Å². The first-order valence-corrected chi connectivity index (χ1v) is 10.6. The van der Waals surface area contributed by atoms with Gasteiger partial charge in [0.05, 0.1) is 17.1 Å². The minimum atomic E-state index is -0.352. The van der Waals surface area contributed by atoms with Crippen LogP contribution in [0.2, 0.25) is 0 Å². The number of carbonyl (C=O) groups excluding carboxylic acids is 2. The molecule has 1 aliphatic rings. The molecule has 1 unspecified atom stereocenters. The second kappa shape index (κ2) is 9.07. The molecule has 156 valence electrons. The van der Waals surface area contributed by atoms with Gasteiger partial charge in [-0.05, 0) is 44.0 Å². The number of benzene rings is 1. The molecule has 2 aromatic heterocycles. The fraction of sp³-hybridized carbons (Fsp3) is 0.391. The zero-order chi connectivity index (χ0) is 20.9. The van der Waals surface area contributed by atoms with E-state index in [0.29, 0.717) is 11.4 Å². The average molecular weight is 406 g/mol. The van der Waals surface area contributed by atoms with E-state index in [2.05, 4.69) is 10.3 Å². The van der Waals surface area contributed by atoms with Crippen molar-refractivity contribution in [1.29, 1.82) is 0 Å². The third kappa shape index (κ3) is 4.35. The molecule has 2 amide bonds. The van der Waals surface area contributed by atoms with Crippen molar-refractivity contribution < 1.29 is 9.59 Å². The zero-order valence-electron chi connectivity index (χ0n) is 17.3. The number of nitrogens with zero attached hydrogens (tertiary/aromatic N) is 4. The van der Waals surface area contributed by atoms with E-state index in [4.69, 9.17) is 4.98 Å². The summed E-state index contributed by atoms with van der Waals surface area (Å²) in [6, 6.07) is 10.8. The Morgan fingerprint density at radius 1 is 1.03 bits per heavy atom. The van der Waals surface area contributed by atoms with Gasteiger partial charge in [-0.2, -0.15) is 0 Å². The van der Waals surface area contributed by atoms with Crippen molar-refractivity contribution in [2.75, 3.05) is 13.1 Å². The second-order valence-electron chi connectivity index (χ2n) is 7.77. The predicted molar refractivity (Wildman–Crippen MR) is 115 cm³/mol. The second-order valence-corrected chi connectivity index (χ2v) is 7.77. The van der Waals surface area contributed by atoms with Gasteiger partial charge in [0.15, 0.2) is 0 Å². The van der Waals surface area contributed by atoms with Crippen molar-refractivity contribution in [3.63, 3.8) is 0 Å². The fourth-order valence-electron chi connectivity index (χ4n) is 3.99. The first-order valence-electron chi connectivity index (χ1n) is 10.6. The molecule has 1 fully saturated rings. The van der Waals surface area contributed by atoms with Crippen LogP contribution in [0.15, 0.2) is 48.8 Å². The lowest BCUT2D eigenvalue weighted by atomic mass is 10.2. The largest absolute Gasteiger partial charge is 0.342 e. The molecule has 7 nitrogen and oxygen atoms in total. The van der Waals surface area contributed by atoms with Gasteiger partial charge in [0.1, 0.15) is 12.4 Å². The zero-order valence-corrected chi connectivity index (χ0v) is 17.3. The molecule has 0 spiro atoms. The minimum absolute atomic E-state index is 0.106. The van der Waals surface area contributed by atoms with Gasteiger partial charge in [0, 0.05) is 31.0 Å². The highest BCUT2D eigenvalue weighted by molar-refractivity contribution is 5.94. The molecule has 1 aliphatic heterocycles. The van der Waals surface area contributed by atoms with Crippen LogP contribution in [0.5, 0.6) is 0 Å². The van der Waals surface area contributed by atoms with Crippen LogP contribution in [0.1, 0.15) is 54.8 Å². The quantitative estimate of drug-likeness (QED) is 0.706. The number of para-hydroxylation sites is 2. The maximum absolute atomic E-state index is 13.1. The van der Waals surface area contributed by atoms with Gasteiger partial charge >= 0.3 is 0 Å². The fourth-order valence-corrected chi connectivity index (χ4v) is 3.99. The first kappa shape index (κ1) is 20.1. The summed E-state index contributed by atoms with van der Waals surface area (Å²) in [6.45, 7) is 3.75. The topological polar surface area (TPSA) is 80.1 Å². The number of amides is 2. The van der Waals surface area contributed by atoms with Crippen LogP contribution in [0.3, 0.4) is 0 Å². The van der Waals surface area contributed by atoms with E-state index in [1.807, 2.05) is 40.7 Å². The van der Waals surface area contributed by atoms with Gasteiger partial charge in [-0.25, -0.2) is 4.98 Å². The van der Waals surface area contributed by atoms with E-state index < -0.39 is 0 Å². The number of likely N-dealkylation sites (tertiary alicyclic amines) is 1. The molecule has 1 atom stereocenters. The molecule has 0 bridgehead atoms. The molecule has 0 aliphatic carbocycles. The summed E-state index contributed by atoms with van der Waals surface area (Å²) in [5.41, 5.74) is 2.27. The van der Waals surface area contributed by atoms with Crippen LogP contribution in [0, 0.1) is 0 Å². The Kier molecular flexibility index (Phi) is 6.07. The lowest BCUT2D eigenvalue weighted by Crippen LogP contribution is -2.36. The summed E-state index contributed by atoms with van der Waals surface area (Å²) in [5.74, 6) is 0.595. The highest BCUT2D eigenvalue weighted by atomic mass is 16.2. The van der Waals surface area contributed by atoms with E-state index in [9.17, 15) is 9.59 Å². The molecule has 4 rings (SSSR count). The Labute approximate surface area is 176 Å². The molecule has 3 aromatic rings. The Balaban J connectivity index is 1.59. The molecule has 30 heavy (non-hydrogen) atoms. The van der Waals surface area contributed by atoms with Crippen molar-refractivity contribution in [2.24, 2.45) is 0 Å². The van der Waals surface area contributed by atoms with Gasteiger partial charge in [0.2, 0.25) is 5.91 Å². The third-order valence-electron chi connectivity index (χ3n) is 5.61. The van der Waals surface area contributed by atoms with Crippen molar-refractivity contribution in [3.8, 4) is 0 Å². The van der Waals surface area contributed by atoms with E-state index in [0.717, 1.165) is 37.0 Å². The number of aromatic nitrogens is 3. The van der Waals surface area contributed by atoms with E-state index in [-0.39, 0.29) is 24.4 Å². The number of hydrogen-bond donors (Lipinski definition) is 1. The summed E-state index contributed by atoms with van der Waals surface area (Å²) in [4.78, 5) is 36.3. The number of pyridine rings is 1. The Morgan fingerprint density at radius 2 is 1.73 bits per heavy atom. The number of nitrogens with one attached hydrogen (secondary N) is 1. The molecule has 3 heterocycles. The van der Waals surface area contributed by atoms with Crippen LogP contribution >= 0.6 is 0 Å². The highest BCUT2D eigenvalue weighted by Crippen LogP contribution is 2.22.